The first kappa shape index (κ1) is 19.8. The maximum absolute atomic E-state index is 12.2. The zero-order chi connectivity index (χ0) is 19.1. The molecule has 0 radical (unpaired) electrons. The van der Waals surface area contributed by atoms with Crippen molar-refractivity contribution in [3.8, 4) is 0 Å². The number of aryl methyl sites for hydroxylation is 1. The Morgan fingerprint density at radius 2 is 1.96 bits per heavy atom. The van der Waals surface area contributed by atoms with E-state index in [4.69, 9.17) is 28.2 Å². The molecule has 0 saturated carbocycles. The Bertz CT molecular complexity index is 1060. The molecule has 0 amide bonds. The van der Waals surface area contributed by atoms with Crippen LogP contribution in [0.25, 0.3) is 6.08 Å². The molecule has 1 aromatic carbocycles. The average Bonchev–Trinajstić information content (AvgIpc) is 2.87. The van der Waals surface area contributed by atoms with Gasteiger partial charge in [-0.05, 0) is 73.8 Å². The van der Waals surface area contributed by atoms with E-state index >= 15 is 0 Å². The van der Waals surface area contributed by atoms with E-state index in [2.05, 4.69) is 19.6 Å². The molecule has 0 fully saturated rings. The quantitative estimate of drug-likeness (QED) is 0.636. The number of hydrogen-bond acceptors (Lipinski definition) is 3. The predicted molar refractivity (Wildman–Crippen MR) is 117 cm³/mol. The van der Waals surface area contributed by atoms with Crippen LogP contribution >= 0.6 is 41.4 Å². The summed E-state index contributed by atoms with van der Waals surface area (Å²) < 4.78 is 4.50. The van der Waals surface area contributed by atoms with E-state index in [-0.39, 0.29) is 4.87 Å². The minimum Gasteiger partial charge on any atom is -0.256 e. The summed E-state index contributed by atoms with van der Waals surface area (Å²) in [5, 5.41) is 0.632. The van der Waals surface area contributed by atoms with Crippen molar-refractivity contribution < 1.29 is 0 Å². The van der Waals surface area contributed by atoms with Gasteiger partial charge in [-0.2, -0.15) is 0 Å². The molecule has 0 bridgehead atoms. The zero-order valence-electron chi connectivity index (χ0n) is 15.1. The van der Waals surface area contributed by atoms with Crippen molar-refractivity contribution in [2.75, 3.05) is 13.3 Å². The number of rotatable bonds is 3. The second-order valence-electron chi connectivity index (χ2n) is 7.03. The summed E-state index contributed by atoms with van der Waals surface area (Å²) >= 11 is 14.0. The maximum Gasteiger partial charge on any atom is 0.325 e. The summed E-state index contributed by atoms with van der Waals surface area (Å²) in [6.45, 7) is 6.10. The number of aromatic nitrogens is 2. The summed E-state index contributed by atoms with van der Waals surface area (Å²) in [7, 11) is 0. The third kappa shape index (κ3) is 4.12. The highest BCUT2D eigenvalue weighted by molar-refractivity contribution is 7.78. The Labute approximate surface area is 167 Å². The van der Waals surface area contributed by atoms with E-state index in [9.17, 15) is 4.79 Å². The predicted octanol–water partition coefficient (Wildman–Crippen LogP) is 4.95. The van der Waals surface area contributed by atoms with Gasteiger partial charge in [0, 0.05) is 22.9 Å². The minimum absolute atomic E-state index is 0.0434. The molecule has 0 N–H and O–H groups in total. The van der Waals surface area contributed by atoms with Gasteiger partial charge in [0.1, 0.15) is 0 Å². The van der Waals surface area contributed by atoms with Gasteiger partial charge < -0.3 is 0 Å². The highest BCUT2D eigenvalue weighted by atomic mass is 35.5. The first-order valence-corrected chi connectivity index (χ1v) is 12.8. The van der Waals surface area contributed by atoms with Gasteiger partial charge in [-0.25, -0.2) is 9.67 Å². The summed E-state index contributed by atoms with van der Waals surface area (Å²) in [5.41, 5.74) is 2.58. The van der Waals surface area contributed by atoms with Gasteiger partial charge in [0.15, 0.2) is 0 Å². The van der Waals surface area contributed by atoms with Crippen molar-refractivity contribution in [2.24, 2.45) is 4.99 Å². The smallest absolute Gasteiger partial charge is 0.256 e. The van der Waals surface area contributed by atoms with E-state index < -0.39 is 6.89 Å². The standard InChI is InChI=1S/C18H22Cl2N3OPS/c1-12-9-14(19)13(11-16(20)25(2,3)4)10-15(12)21-17-22-7-5-6-8-23(22)18(24)26-17/h9-11H,2,5-8H2,1,3-4H3. The van der Waals surface area contributed by atoms with Gasteiger partial charge in [-0.15, -0.1) is 0 Å². The lowest BCUT2D eigenvalue weighted by molar-refractivity contribution is 0.345. The van der Waals surface area contributed by atoms with Crippen molar-refractivity contribution >= 4 is 59.5 Å². The van der Waals surface area contributed by atoms with E-state index in [0.717, 1.165) is 52.3 Å². The van der Waals surface area contributed by atoms with Crippen LogP contribution in [0.3, 0.4) is 0 Å². The summed E-state index contributed by atoms with van der Waals surface area (Å²) in [6.07, 6.45) is 8.14. The lowest BCUT2D eigenvalue weighted by atomic mass is 10.1. The number of hydrogen-bond donors (Lipinski definition) is 0. The Kier molecular flexibility index (Phi) is 5.74. The van der Waals surface area contributed by atoms with Crippen LogP contribution in [0.2, 0.25) is 5.02 Å². The molecule has 140 valence electrons. The van der Waals surface area contributed by atoms with E-state index in [1.807, 2.05) is 29.8 Å². The molecule has 1 aliphatic heterocycles. The molecule has 1 aliphatic rings. The van der Waals surface area contributed by atoms with Crippen LogP contribution in [-0.4, -0.2) is 29.0 Å². The van der Waals surface area contributed by atoms with Gasteiger partial charge >= 0.3 is 4.87 Å². The van der Waals surface area contributed by atoms with Crippen LogP contribution in [0.5, 0.6) is 0 Å². The van der Waals surface area contributed by atoms with Gasteiger partial charge in [0.05, 0.1) is 5.69 Å². The monoisotopic (exact) mass is 429 g/mol. The topological polar surface area (TPSA) is 39.3 Å². The molecule has 26 heavy (non-hydrogen) atoms. The lowest BCUT2D eigenvalue weighted by Crippen LogP contribution is -2.31. The fraction of sp³-hybridized carbons (Fsp3) is 0.389. The molecule has 2 aromatic rings. The third-order valence-electron chi connectivity index (χ3n) is 4.28. The molecular weight excluding hydrogens is 408 g/mol. The minimum atomic E-state index is -1.56. The molecule has 4 nitrogen and oxygen atoms in total. The molecule has 0 aliphatic carbocycles. The number of nitrogens with zero attached hydrogens (tertiary/aromatic N) is 3. The van der Waals surface area contributed by atoms with Crippen molar-refractivity contribution in [1.29, 1.82) is 0 Å². The molecule has 2 heterocycles. The zero-order valence-corrected chi connectivity index (χ0v) is 18.4. The molecule has 3 rings (SSSR count). The molecule has 1 aromatic heterocycles. The first-order valence-electron chi connectivity index (χ1n) is 8.38. The van der Waals surface area contributed by atoms with E-state index in [1.54, 1.807) is 4.68 Å². The van der Waals surface area contributed by atoms with Gasteiger partial charge in [-0.3, -0.25) is 9.48 Å². The van der Waals surface area contributed by atoms with Crippen LogP contribution < -0.4 is 9.67 Å². The van der Waals surface area contributed by atoms with Crippen LogP contribution in [0.15, 0.2) is 26.7 Å². The van der Waals surface area contributed by atoms with Crippen molar-refractivity contribution in [2.45, 2.75) is 32.9 Å². The highest BCUT2D eigenvalue weighted by Gasteiger charge is 2.14. The maximum atomic E-state index is 12.2. The number of halogens is 2. The Morgan fingerprint density at radius 1 is 1.31 bits per heavy atom. The van der Waals surface area contributed by atoms with Crippen molar-refractivity contribution in [3.63, 3.8) is 0 Å². The normalized spacial score (nSPS) is 16.0. The third-order valence-corrected chi connectivity index (χ3v) is 8.24. The number of benzene rings is 1. The van der Waals surface area contributed by atoms with E-state index in [0.29, 0.717) is 5.02 Å². The summed E-state index contributed by atoms with van der Waals surface area (Å²) in [6, 6.07) is 3.82. The second kappa shape index (κ2) is 7.55. The SMILES string of the molecule is C=P(C)(C)C(Cl)=Cc1cc(N=c2sc(=O)n3n2CCCC3)c(C)cc1Cl. The van der Waals surface area contributed by atoms with Crippen LogP contribution in [0, 0.1) is 6.92 Å². The molecule has 8 heteroatoms. The van der Waals surface area contributed by atoms with Crippen LogP contribution in [0.4, 0.5) is 5.69 Å². The molecule has 0 spiro atoms. The van der Waals surface area contributed by atoms with E-state index in [1.165, 1.54) is 11.3 Å². The molecule has 0 atom stereocenters. The van der Waals surface area contributed by atoms with Crippen molar-refractivity contribution in [1.82, 2.24) is 9.36 Å². The van der Waals surface area contributed by atoms with Crippen LogP contribution in [-0.2, 0) is 13.1 Å². The Hall–Kier alpha value is -1.000. The molecule has 0 saturated heterocycles. The molecule has 0 unspecified atom stereocenters. The Morgan fingerprint density at radius 3 is 2.62 bits per heavy atom. The van der Waals surface area contributed by atoms with Gasteiger partial charge in [0.25, 0.3) is 0 Å². The Balaban J connectivity index is 2.14. The molecular formula is C18H22Cl2N3OPS. The van der Waals surface area contributed by atoms with Gasteiger partial charge in [-0.1, -0.05) is 36.4 Å². The fourth-order valence-corrected chi connectivity index (χ4v) is 4.50. The number of fused-ring (bicyclic) bond motifs is 1. The van der Waals surface area contributed by atoms with Crippen molar-refractivity contribution in [3.05, 3.63) is 47.5 Å². The summed E-state index contributed by atoms with van der Waals surface area (Å²) in [4.78, 5) is 17.7. The van der Waals surface area contributed by atoms with Crippen LogP contribution in [0.1, 0.15) is 24.0 Å². The summed E-state index contributed by atoms with van der Waals surface area (Å²) in [5.74, 6) is 0. The fourth-order valence-electron chi connectivity index (χ4n) is 2.73. The highest BCUT2D eigenvalue weighted by Crippen LogP contribution is 2.49. The average molecular weight is 430 g/mol. The lowest BCUT2D eigenvalue weighted by Gasteiger charge is -2.16. The first-order chi connectivity index (χ1) is 12.2. The van der Waals surface area contributed by atoms with Gasteiger partial charge in [0.2, 0.25) is 4.80 Å². The second-order valence-corrected chi connectivity index (χ2v) is 12.9. The largest absolute Gasteiger partial charge is 0.325 e.